The fourth-order valence-corrected chi connectivity index (χ4v) is 5.13. The van der Waals surface area contributed by atoms with Crippen LogP contribution < -0.4 is 11.1 Å². The van der Waals surface area contributed by atoms with Gasteiger partial charge in [0, 0.05) is 35.6 Å². The summed E-state index contributed by atoms with van der Waals surface area (Å²) in [7, 11) is 0. The zero-order valence-electron chi connectivity index (χ0n) is 18.6. The predicted molar refractivity (Wildman–Crippen MR) is 127 cm³/mol. The van der Waals surface area contributed by atoms with Gasteiger partial charge in [-0.05, 0) is 56.8 Å². The first-order valence-corrected chi connectivity index (χ1v) is 11.8. The summed E-state index contributed by atoms with van der Waals surface area (Å²) in [4.78, 5) is 23.6. The zero-order chi connectivity index (χ0) is 21.6. The fraction of sp³-hybridized carbons (Fsp3) is 0.560. The highest BCUT2D eigenvalue weighted by molar-refractivity contribution is 6.06. The number of likely N-dealkylation sites (tertiary alicyclic amines) is 1. The minimum Gasteiger partial charge on any atom is -0.387 e. The Morgan fingerprint density at radius 2 is 2.03 bits per heavy atom. The van der Waals surface area contributed by atoms with Crippen LogP contribution in [0.5, 0.6) is 0 Å². The summed E-state index contributed by atoms with van der Waals surface area (Å²) in [6.45, 7) is 5.16. The van der Waals surface area contributed by atoms with Crippen LogP contribution in [0.3, 0.4) is 0 Å². The number of nitrogens with one attached hydrogen (secondary N) is 1. The van der Waals surface area contributed by atoms with Crippen LogP contribution in [-0.2, 0) is 0 Å². The quantitative estimate of drug-likeness (QED) is 0.519. The molecule has 1 aromatic carbocycles. The largest absolute Gasteiger partial charge is 0.387 e. The number of amidine groups is 1. The summed E-state index contributed by atoms with van der Waals surface area (Å²) in [5.41, 5.74) is 8.08. The number of anilines is 1. The van der Waals surface area contributed by atoms with Crippen LogP contribution in [0.25, 0.3) is 10.8 Å². The molecule has 1 unspecified atom stereocenters. The molecular formula is C25H35N5O. The number of pyridine rings is 1. The number of piperidine rings is 1. The van der Waals surface area contributed by atoms with Gasteiger partial charge in [-0.25, -0.2) is 4.79 Å². The van der Waals surface area contributed by atoms with Crippen molar-refractivity contribution in [3.8, 4) is 0 Å². The van der Waals surface area contributed by atoms with Crippen molar-refractivity contribution in [1.82, 2.24) is 9.88 Å². The highest BCUT2D eigenvalue weighted by atomic mass is 16.2. The van der Waals surface area contributed by atoms with Crippen molar-refractivity contribution in [1.29, 1.82) is 0 Å². The normalized spacial score (nSPS) is 21.3. The van der Waals surface area contributed by atoms with E-state index in [9.17, 15) is 4.79 Å². The molecule has 1 aliphatic carbocycles. The topological polar surface area (TPSA) is 83.6 Å². The van der Waals surface area contributed by atoms with Crippen molar-refractivity contribution in [2.24, 2.45) is 22.6 Å². The fourth-order valence-electron chi connectivity index (χ4n) is 5.13. The average Bonchev–Trinajstić information content (AvgIpc) is 2.80. The van der Waals surface area contributed by atoms with Crippen molar-refractivity contribution < 1.29 is 4.79 Å². The third-order valence-corrected chi connectivity index (χ3v) is 6.99. The van der Waals surface area contributed by atoms with Crippen molar-refractivity contribution in [2.75, 3.05) is 25.0 Å². The van der Waals surface area contributed by atoms with Gasteiger partial charge in [0.25, 0.3) is 0 Å². The lowest BCUT2D eigenvalue weighted by Crippen LogP contribution is -2.42. The van der Waals surface area contributed by atoms with Gasteiger partial charge in [0.1, 0.15) is 5.84 Å². The number of rotatable bonds is 5. The molecule has 1 saturated heterocycles. The lowest BCUT2D eigenvalue weighted by Gasteiger charge is -2.33. The number of carbonyl (C=O) groups is 1. The third-order valence-electron chi connectivity index (χ3n) is 6.99. The number of urea groups is 1. The molecule has 166 valence electrons. The first kappa shape index (κ1) is 21.8. The number of amides is 2. The second-order valence-corrected chi connectivity index (χ2v) is 9.25. The summed E-state index contributed by atoms with van der Waals surface area (Å²) in [6, 6.07) is 5.51. The number of fused-ring (bicyclic) bond motifs is 1. The Morgan fingerprint density at radius 1 is 1.19 bits per heavy atom. The van der Waals surface area contributed by atoms with Crippen molar-refractivity contribution >= 4 is 28.3 Å². The molecule has 0 bridgehead atoms. The monoisotopic (exact) mass is 421 g/mol. The molecule has 3 N–H and O–H groups in total. The number of aliphatic imine (C=N–C) groups is 1. The summed E-state index contributed by atoms with van der Waals surface area (Å²) in [6.07, 6.45) is 13.9. The van der Waals surface area contributed by atoms with Gasteiger partial charge in [-0.2, -0.15) is 4.99 Å². The van der Waals surface area contributed by atoms with Gasteiger partial charge in [0.05, 0.1) is 5.69 Å². The smallest absolute Gasteiger partial charge is 0.347 e. The Kier molecular flexibility index (Phi) is 7.17. The van der Waals surface area contributed by atoms with E-state index >= 15 is 0 Å². The van der Waals surface area contributed by atoms with E-state index in [1.807, 2.05) is 25.1 Å². The van der Waals surface area contributed by atoms with E-state index in [4.69, 9.17) is 5.73 Å². The van der Waals surface area contributed by atoms with Crippen molar-refractivity contribution in [3.63, 3.8) is 0 Å². The van der Waals surface area contributed by atoms with Crippen LogP contribution >= 0.6 is 0 Å². The summed E-state index contributed by atoms with van der Waals surface area (Å²) >= 11 is 0. The van der Waals surface area contributed by atoms with Crippen LogP contribution in [0, 0.1) is 18.8 Å². The number of aromatic nitrogens is 1. The number of benzene rings is 1. The first-order valence-electron chi connectivity index (χ1n) is 11.8. The SMILES string of the molecule is Cc1ccc2cnccc2c1NC(=O)/N=C(\N)C1CCCN(CCC2CCCCC2)C1. The molecule has 2 amide bonds. The van der Waals surface area contributed by atoms with E-state index in [-0.39, 0.29) is 5.92 Å². The summed E-state index contributed by atoms with van der Waals surface area (Å²) in [5, 5.41) is 4.90. The molecular weight excluding hydrogens is 386 g/mol. The highest BCUT2D eigenvalue weighted by Crippen LogP contribution is 2.28. The van der Waals surface area contributed by atoms with E-state index in [0.717, 1.165) is 60.4 Å². The van der Waals surface area contributed by atoms with Crippen molar-refractivity contribution in [2.45, 2.75) is 58.3 Å². The van der Waals surface area contributed by atoms with Gasteiger partial charge in [0.2, 0.25) is 0 Å². The lowest BCUT2D eigenvalue weighted by atomic mass is 9.86. The molecule has 2 aromatic rings. The molecule has 1 atom stereocenters. The molecule has 1 saturated carbocycles. The lowest BCUT2D eigenvalue weighted by molar-refractivity contribution is 0.182. The van der Waals surface area contributed by atoms with Crippen LogP contribution in [0.15, 0.2) is 35.6 Å². The molecule has 1 aromatic heterocycles. The van der Waals surface area contributed by atoms with E-state index in [1.54, 1.807) is 12.4 Å². The Balaban J connectivity index is 1.36. The molecule has 1 aliphatic heterocycles. The third kappa shape index (κ3) is 5.62. The van der Waals surface area contributed by atoms with Gasteiger partial charge in [-0.1, -0.05) is 44.2 Å². The average molecular weight is 422 g/mol. The van der Waals surface area contributed by atoms with Gasteiger partial charge in [-0.3, -0.25) is 4.98 Å². The van der Waals surface area contributed by atoms with E-state index < -0.39 is 6.03 Å². The number of nitrogens with two attached hydrogens (primary N) is 1. The number of hydrogen-bond donors (Lipinski definition) is 2. The Bertz CT molecular complexity index is 935. The van der Waals surface area contributed by atoms with E-state index in [1.165, 1.54) is 38.5 Å². The minimum absolute atomic E-state index is 0.156. The molecule has 0 spiro atoms. The minimum atomic E-state index is -0.399. The highest BCUT2D eigenvalue weighted by Gasteiger charge is 2.24. The van der Waals surface area contributed by atoms with Crippen LogP contribution in [0.2, 0.25) is 0 Å². The zero-order valence-corrected chi connectivity index (χ0v) is 18.6. The predicted octanol–water partition coefficient (Wildman–Crippen LogP) is 5.11. The molecule has 6 nitrogen and oxygen atoms in total. The number of nitrogens with zero attached hydrogens (tertiary/aromatic N) is 3. The molecule has 4 rings (SSSR count). The second-order valence-electron chi connectivity index (χ2n) is 9.25. The van der Waals surface area contributed by atoms with Crippen LogP contribution in [-0.4, -0.2) is 41.4 Å². The van der Waals surface area contributed by atoms with Gasteiger partial charge < -0.3 is 16.0 Å². The number of carbonyl (C=O) groups excluding carboxylic acids is 1. The maximum absolute atomic E-state index is 12.7. The van der Waals surface area contributed by atoms with Gasteiger partial charge in [0.15, 0.2) is 0 Å². The number of aryl methyl sites for hydroxylation is 1. The summed E-state index contributed by atoms with van der Waals surface area (Å²) < 4.78 is 0. The van der Waals surface area contributed by atoms with Gasteiger partial charge in [-0.15, -0.1) is 0 Å². The van der Waals surface area contributed by atoms with Gasteiger partial charge >= 0.3 is 6.03 Å². The Hall–Kier alpha value is -2.47. The van der Waals surface area contributed by atoms with Crippen molar-refractivity contribution in [3.05, 3.63) is 36.2 Å². The second kappa shape index (κ2) is 10.2. The Labute approximate surface area is 185 Å². The van der Waals surface area contributed by atoms with Crippen LogP contribution in [0.1, 0.15) is 56.9 Å². The molecule has 0 radical (unpaired) electrons. The van der Waals surface area contributed by atoms with E-state index in [0.29, 0.717) is 5.84 Å². The first-order chi connectivity index (χ1) is 15.1. The number of hydrogen-bond acceptors (Lipinski definition) is 3. The molecule has 6 heteroatoms. The molecule has 2 fully saturated rings. The molecule has 2 heterocycles. The maximum atomic E-state index is 12.7. The Morgan fingerprint density at radius 3 is 2.87 bits per heavy atom. The molecule has 31 heavy (non-hydrogen) atoms. The maximum Gasteiger partial charge on any atom is 0.347 e. The summed E-state index contributed by atoms with van der Waals surface area (Å²) in [5.74, 6) is 1.51. The van der Waals surface area contributed by atoms with Crippen LogP contribution in [0.4, 0.5) is 10.5 Å². The molecule has 2 aliphatic rings. The standard InChI is InChI=1S/C25H35N5O/c1-18-9-10-20-16-27-13-11-22(20)23(18)28-25(31)29-24(26)21-8-5-14-30(17-21)15-12-19-6-3-2-4-7-19/h9-11,13,16,19,21H,2-8,12,14-15,17H2,1H3,(H3,26,28,29,31). The van der Waals surface area contributed by atoms with E-state index in [2.05, 4.69) is 20.2 Å².